The Morgan fingerprint density at radius 1 is 0.450 bits per heavy atom. The Hall–Kier alpha value is -4.19. The molecule has 0 radical (unpaired) electrons. The number of halogens is 15. The Morgan fingerprint density at radius 2 is 0.825 bits per heavy atom. The normalized spacial score (nSPS) is 12.6. The Morgan fingerprint density at radius 3 is 1.18 bits per heavy atom. The van der Waals surface area contributed by atoms with Gasteiger partial charge in [0, 0.05) is 12.1 Å². The first kappa shape index (κ1) is 30.4. The molecule has 0 saturated carbocycles. The summed E-state index contributed by atoms with van der Waals surface area (Å²) in [7, 11) is 0. The first-order valence-corrected chi connectivity index (χ1v) is 9.71. The van der Waals surface area contributed by atoms with Crippen molar-refractivity contribution in [3.05, 3.63) is 69.8 Å². The van der Waals surface area contributed by atoms with Crippen LogP contribution in [-0.4, -0.2) is 0 Å². The highest BCUT2D eigenvalue weighted by Gasteiger charge is 2.45. The second kappa shape index (κ2) is 9.77. The topological polar surface area (TPSA) is 70.5 Å². The fraction of sp³-hybridized carbons (Fsp3) is 0.143. The van der Waals surface area contributed by atoms with E-state index in [4.69, 9.17) is 11.5 Å². The fourth-order valence-corrected chi connectivity index (χ4v) is 3.21. The number of alkyl halides is 9. The molecule has 3 rings (SSSR count). The van der Waals surface area contributed by atoms with Crippen LogP contribution >= 0.6 is 0 Å². The Labute approximate surface area is 210 Å². The molecular weight excluding hydrogens is 597 g/mol. The van der Waals surface area contributed by atoms with E-state index in [0.717, 1.165) is 0 Å². The maximum absolute atomic E-state index is 15.2. The number of rotatable bonds is 4. The zero-order chi connectivity index (χ0) is 30.7. The number of anilines is 2. The molecule has 0 heterocycles. The lowest BCUT2D eigenvalue weighted by Gasteiger charge is -2.22. The van der Waals surface area contributed by atoms with Gasteiger partial charge in [0.2, 0.25) is 23.2 Å². The molecule has 19 heteroatoms. The van der Waals surface area contributed by atoms with E-state index in [1.54, 1.807) is 0 Å². The molecule has 0 aliphatic carbocycles. The number of hydrogen-bond acceptors (Lipinski definition) is 4. The van der Waals surface area contributed by atoms with E-state index in [1.165, 1.54) is 0 Å². The summed E-state index contributed by atoms with van der Waals surface area (Å²) >= 11 is 0. The SMILES string of the molecule is Nc1cc(F)c(F)c(Oc2c(F)cc(C(F)(F)F)c(Oc3c(F)c(F)cc(N)c3C(F)(F)F)c2F)c1C(F)(F)F. The van der Waals surface area contributed by atoms with E-state index >= 15 is 4.39 Å². The highest BCUT2D eigenvalue weighted by molar-refractivity contribution is 5.61. The van der Waals surface area contributed by atoms with Gasteiger partial charge in [-0.15, -0.1) is 0 Å². The highest BCUT2D eigenvalue weighted by atomic mass is 19.4. The molecule has 3 aromatic carbocycles. The van der Waals surface area contributed by atoms with Crippen LogP contribution in [0.2, 0.25) is 0 Å². The minimum atomic E-state index is -5.95. The molecule has 0 aliphatic heterocycles. The van der Waals surface area contributed by atoms with Gasteiger partial charge >= 0.3 is 18.5 Å². The van der Waals surface area contributed by atoms with Crippen LogP contribution in [0.3, 0.4) is 0 Å². The van der Waals surface area contributed by atoms with Gasteiger partial charge < -0.3 is 20.9 Å². The van der Waals surface area contributed by atoms with Crippen molar-refractivity contribution in [3.8, 4) is 23.0 Å². The lowest BCUT2D eigenvalue weighted by atomic mass is 10.1. The van der Waals surface area contributed by atoms with E-state index in [2.05, 4.69) is 9.47 Å². The molecule has 40 heavy (non-hydrogen) atoms. The highest BCUT2D eigenvalue weighted by Crippen LogP contribution is 2.50. The van der Waals surface area contributed by atoms with Crippen molar-refractivity contribution in [2.45, 2.75) is 18.5 Å². The van der Waals surface area contributed by atoms with Crippen molar-refractivity contribution in [1.82, 2.24) is 0 Å². The summed E-state index contributed by atoms with van der Waals surface area (Å²) in [6.07, 6.45) is -17.5. The summed E-state index contributed by atoms with van der Waals surface area (Å²) in [5.74, 6) is -25.2. The van der Waals surface area contributed by atoms with E-state index in [-0.39, 0.29) is 12.1 Å². The first-order valence-electron chi connectivity index (χ1n) is 9.71. The average molecular weight is 604 g/mol. The van der Waals surface area contributed by atoms with Crippen LogP contribution in [-0.2, 0) is 18.5 Å². The number of hydrogen-bond donors (Lipinski definition) is 2. The van der Waals surface area contributed by atoms with E-state index in [0.29, 0.717) is 0 Å². The first-order chi connectivity index (χ1) is 18.1. The maximum atomic E-state index is 15.2. The molecule has 3 aromatic rings. The molecule has 4 nitrogen and oxygen atoms in total. The lowest BCUT2D eigenvalue weighted by molar-refractivity contribution is -0.140. The number of nitrogen functional groups attached to an aromatic ring is 2. The Bertz CT molecular complexity index is 1490. The molecule has 0 unspecified atom stereocenters. The molecule has 0 bridgehead atoms. The number of ether oxygens (including phenoxy) is 2. The molecule has 218 valence electrons. The van der Waals surface area contributed by atoms with Crippen molar-refractivity contribution in [2.24, 2.45) is 0 Å². The van der Waals surface area contributed by atoms with Gasteiger partial charge in [-0.1, -0.05) is 0 Å². The number of benzene rings is 3. The van der Waals surface area contributed by atoms with Crippen molar-refractivity contribution in [3.63, 3.8) is 0 Å². The van der Waals surface area contributed by atoms with Crippen LogP contribution in [0.25, 0.3) is 0 Å². The van der Waals surface area contributed by atoms with Crippen LogP contribution in [0.15, 0.2) is 18.2 Å². The lowest BCUT2D eigenvalue weighted by Crippen LogP contribution is -2.16. The quantitative estimate of drug-likeness (QED) is 0.232. The van der Waals surface area contributed by atoms with Gasteiger partial charge in [0.15, 0.2) is 34.7 Å². The average Bonchev–Trinajstić information content (AvgIpc) is 2.76. The van der Waals surface area contributed by atoms with Crippen LogP contribution in [0, 0.1) is 34.9 Å². The van der Waals surface area contributed by atoms with Gasteiger partial charge in [0.1, 0.15) is 16.7 Å². The summed E-state index contributed by atoms with van der Waals surface area (Å²) < 4.78 is 215. The van der Waals surface area contributed by atoms with Crippen molar-refractivity contribution < 1.29 is 75.3 Å². The van der Waals surface area contributed by atoms with Gasteiger partial charge in [-0.2, -0.15) is 52.7 Å². The second-order valence-corrected chi connectivity index (χ2v) is 7.51. The second-order valence-electron chi connectivity index (χ2n) is 7.51. The molecule has 0 aliphatic rings. The molecule has 0 aromatic heterocycles. The minimum absolute atomic E-state index is 0.227. The molecule has 0 saturated heterocycles. The molecule has 0 atom stereocenters. The zero-order valence-corrected chi connectivity index (χ0v) is 18.4. The molecule has 0 fully saturated rings. The van der Waals surface area contributed by atoms with Crippen molar-refractivity contribution in [1.29, 1.82) is 0 Å². The van der Waals surface area contributed by atoms with Gasteiger partial charge in [-0.3, -0.25) is 0 Å². The summed E-state index contributed by atoms with van der Waals surface area (Å²) in [5.41, 5.74) is -0.949. The third-order valence-electron chi connectivity index (χ3n) is 4.83. The smallest absolute Gasteiger partial charge is 0.422 e. The molecule has 0 spiro atoms. The van der Waals surface area contributed by atoms with Gasteiger partial charge in [-0.25, -0.2) is 13.2 Å². The van der Waals surface area contributed by atoms with Crippen molar-refractivity contribution in [2.75, 3.05) is 11.5 Å². The van der Waals surface area contributed by atoms with Gasteiger partial charge in [0.25, 0.3) is 0 Å². The van der Waals surface area contributed by atoms with E-state index in [9.17, 15) is 61.5 Å². The van der Waals surface area contributed by atoms with E-state index in [1.807, 2.05) is 0 Å². The summed E-state index contributed by atoms with van der Waals surface area (Å²) in [4.78, 5) is 0. The summed E-state index contributed by atoms with van der Waals surface area (Å²) in [6, 6.07) is -1.30. The summed E-state index contributed by atoms with van der Waals surface area (Å²) in [5, 5.41) is 0. The van der Waals surface area contributed by atoms with Crippen LogP contribution in [0.1, 0.15) is 16.7 Å². The monoisotopic (exact) mass is 604 g/mol. The van der Waals surface area contributed by atoms with Gasteiger partial charge in [-0.05, 0) is 6.07 Å². The minimum Gasteiger partial charge on any atom is -0.450 e. The standard InChI is InChI=1S/C21H7F15N2O2/c22-5-2-8(37)10(20(31,32)33)17(12(5)25)39-15-4(19(28,29)30)1-7(24)16(14(15)27)40-18-11(21(34,35)36)9(38)3-6(23)13(18)26/h1-3H,37-38H2. The third-order valence-corrected chi connectivity index (χ3v) is 4.83. The Kier molecular flexibility index (Phi) is 7.42. The maximum Gasteiger partial charge on any atom is 0.422 e. The van der Waals surface area contributed by atoms with Crippen LogP contribution in [0.4, 0.5) is 77.2 Å². The van der Waals surface area contributed by atoms with E-state index < -0.39 is 111 Å². The predicted octanol–water partition coefficient (Wildman–Crippen LogP) is 8.33. The largest absolute Gasteiger partial charge is 0.450 e. The third kappa shape index (κ3) is 5.44. The summed E-state index contributed by atoms with van der Waals surface area (Å²) in [6.45, 7) is 0. The van der Waals surface area contributed by atoms with Crippen molar-refractivity contribution >= 4 is 11.4 Å². The molecule has 4 N–H and O–H groups in total. The zero-order valence-electron chi connectivity index (χ0n) is 18.4. The van der Waals surface area contributed by atoms with Crippen LogP contribution < -0.4 is 20.9 Å². The van der Waals surface area contributed by atoms with Gasteiger partial charge in [0.05, 0.1) is 11.4 Å². The van der Waals surface area contributed by atoms with Crippen LogP contribution in [0.5, 0.6) is 23.0 Å². The number of nitrogens with two attached hydrogens (primary N) is 2. The molecule has 0 amide bonds. The fourth-order valence-electron chi connectivity index (χ4n) is 3.21. The Balaban J connectivity index is 2.38. The predicted molar refractivity (Wildman–Crippen MR) is 103 cm³/mol. The molecular formula is C21H7F15N2O2.